The molecule has 1 amide bonds. The molecule has 2 heterocycles. The second-order valence-electron chi connectivity index (χ2n) is 7.82. The standard InChI is InChI=1S/C21H26N6O2/c1-27-20(13-4-3-5-19(29-2)16(13)9-22)17(11-24-27)12-6-7-14-15(8-12)18(10-23)25-26-21(14)28/h3-5,11-12,14-15,18,25H,6-8,10,23H2,1-2H3,(H,26,28). The highest BCUT2D eigenvalue weighted by Gasteiger charge is 2.43. The number of aromatic nitrogens is 2. The lowest BCUT2D eigenvalue weighted by Crippen LogP contribution is -2.62. The van der Waals surface area contributed by atoms with Crippen LogP contribution in [0.4, 0.5) is 0 Å². The van der Waals surface area contributed by atoms with Crippen molar-refractivity contribution in [2.75, 3.05) is 13.7 Å². The molecular formula is C21H26N6O2. The number of hydrogen-bond acceptors (Lipinski definition) is 6. The summed E-state index contributed by atoms with van der Waals surface area (Å²) in [7, 11) is 3.46. The number of nitrogens with one attached hydrogen (secondary N) is 2. The molecule has 0 bridgehead atoms. The third kappa shape index (κ3) is 3.26. The first-order valence-electron chi connectivity index (χ1n) is 9.93. The second kappa shape index (κ2) is 7.85. The summed E-state index contributed by atoms with van der Waals surface area (Å²) in [5.74, 6) is 1.04. The van der Waals surface area contributed by atoms with E-state index < -0.39 is 0 Å². The summed E-state index contributed by atoms with van der Waals surface area (Å²) in [5, 5.41) is 14.2. The van der Waals surface area contributed by atoms with E-state index >= 15 is 0 Å². The molecule has 4 atom stereocenters. The molecule has 1 aliphatic carbocycles. The van der Waals surface area contributed by atoms with Crippen LogP contribution in [0, 0.1) is 23.2 Å². The molecule has 0 spiro atoms. The molecule has 2 aromatic rings. The van der Waals surface area contributed by atoms with Crippen LogP contribution in [0.1, 0.15) is 36.3 Å². The molecular weight excluding hydrogens is 368 g/mol. The zero-order chi connectivity index (χ0) is 20.5. The highest BCUT2D eigenvalue weighted by molar-refractivity contribution is 5.79. The van der Waals surface area contributed by atoms with Crippen molar-refractivity contribution in [1.29, 1.82) is 5.26 Å². The summed E-state index contributed by atoms with van der Waals surface area (Å²) in [6.07, 6.45) is 4.47. The van der Waals surface area contributed by atoms with Crippen LogP contribution in [-0.4, -0.2) is 35.4 Å². The van der Waals surface area contributed by atoms with E-state index in [0.29, 0.717) is 17.9 Å². The van der Waals surface area contributed by atoms with Gasteiger partial charge in [0.05, 0.1) is 19.0 Å². The van der Waals surface area contributed by atoms with Gasteiger partial charge in [-0.1, -0.05) is 12.1 Å². The van der Waals surface area contributed by atoms with E-state index in [0.717, 1.165) is 36.1 Å². The van der Waals surface area contributed by atoms with Gasteiger partial charge in [-0.2, -0.15) is 10.4 Å². The Morgan fingerprint density at radius 2 is 2.24 bits per heavy atom. The van der Waals surface area contributed by atoms with Crippen LogP contribution in [0.3, 0.4) is 0 Å². The van der Waals surface area contributed by atoms with Gasteiger partial charge in [0.2, 0.25) is 5.91 Å². The van der Waals surface area contributed by atoms with Gasteiger partial charge in [-0.15, -0.1) is 0 Å². The molecule has 0 radical (unpaired) electrons. The minimum absolute atomic E-state index is 0.00680. The number of nitrogens with two attached hydrogens (primary N) is 1. The summed E-state index contributed by atoms with van der Waals surface area (Å²) in [6.45, 7) is 0.475. The molecule has 8 nitrogen and oxygen atoms in total. The molecule has 4 unspecified atom stereocenters. The fraction of sp³-hybridized carbons (Fsp3) is 0.476. The predicted octanol–water partition coefficient (Wildman–Crippen LogP) is 1.43. The van der Waals surface area contributed by atoms with E-state index in [-0.39, 0.29) is 29.7 Å². The van der Waals surface area contributed by atoms with E-state index in [2.05, 4.69) is 22.0 Å². The normalized spacial score (nSPS) is 26.3. The molecule has 1 saturated heterocycles. The van der Waals surface area contributed by atoms with Crippen LogP contribution in [0.5, 0.6) is 5.75 Å². The quantitative estimate of drug-likeness (QED) is 0.722. The van der Waals surface area contributed by atoms with Crippen LogP contribution in [0.15, 0.2) is 24.4 Å². The van der Waals surface area contributed by atoms with Gasteiger partial charge in [-0.25, -0.2) is 5.43 Å². The molecule has 1 saturated carbocycles. The zero-order valence-corrected chi connectivity index (χ0v) is 16.7. The van der Waals surface area contributed by atoms with Gasteiger partial charge in [0.1, 0.15) is 17.4 Å². The molecule has 4 N–H and O–H groups in total. The van der Waals surface area contributed by atoms with Gasteiger partial charge in [-0.3, -0.25) is 14.9 Å². The van der Waals surface area contributed by atoms with Crippen LogP contribution in [-0.2, 0) is 11.8 Å². The minimum Gasteiger partial charge on any atom is -0.495 e. The molecule has 2 aliphatic rings. The van der Waals surface area contributed by atoms with Crippen LogP contribution >= 0.6 is 0 Å². The minimum atomic E-state index is -0.00680. The number of benzene rings is 1. The number of aryl methyl sites for hydroxylation is 1. The Labute approximate surface area is 170 Å². The molecule has 1 aromatic heterocycles. The van der Waals surface area contributed by atoms with Crippen molar-refractivity contribution in [3.63, 3.8) is 0 Å². The topological polar surface area (TPSA) is 118 Å². The van der Waals surface area contributed by atoms with E-state index in [4.69, 9.17) is 10.5 Å². The maximum absolute atomic E-state index is 12.3. The SMILES string of the molecule is COc1cccc(-c2c(C3CCC4C(=O)NNC(CN)C4C3)cnn2C)c1C#N. The van der Waals surface area contributed by atoms with Gasteiger partial charge in [-0.05, 0) is 37.2 Å². The van der Waals surface area contributed by atoms with Crippen molar-refractivity contribution in [1.82, 2.24) is 20.6 Å². The van der Waals surface area contributed by atoms with E-state index in [9.17, 15) is 10.1 Å². The molecule has 29 heavy (non-hydrogen) atoms. The lowest BCUT2D eigenvalue weighted by atomic mass is 9.68. The van der Waals surface area contributed by atoms with Crippen molar-refractivity contribution in [2.24, 2.45) is 24.6 Å². The van der Waals surface area contributed by atoms with Crippen molar-refractivity contribution in [3.8, 4) is 23.1 Å². The van der Waals surface area contributed by atoms with Gasteiger partial charge in [0.15, 0.2) is 0 Å². The van der Waals surface area contributed by atoms with Crippen molar-refractivity contribution in [2.45, 2.75) is 31.2 Å². The maximum Gasteiger partial charge on any atom is 0.237 e. The lowest BCUT2D eigenvalue weighted by molar-refractivity contribution is -0.133. The Morgan fingerprint density at radius 3 is 2.97 bits per heavy atom. The smallest absolute Gasteiger partial charge is 0.237 e. The number of carbonyl (C=O) groups is 1. The third-order valence-electron chi connectivity index (χ3n) is 6.41. The number of hydrogen-bond donors (Lipinski definition) is 3. The molecule has 2 fully saturated rings. The Hall–Kier alpha value is -2.89. The fourth-order valence-electron chi connectivity index (χ4n) is 4.95. The van der Waals surface area contributed by atoms with Gasteiger partial charge in [0.25, 0.3) is 0 Å². The van der Waals surface area contributed by atoms with Crippen molar-refractivity contribution < 1.29 is 9.53 Å². The first-order chi connectivity index (χ1) is 14.1. The Bertz CT molecular complexity index is 963. The highest BCUT2D eigenvalue weighted by atomic mass is 16.5. The van der Waals surface area contributed by atoms with E-state index in [1.807, 2.05) is 30.1 Å². The molecule has 1 aromatic carbocycles. The molecule has 152 valence electrons. The summed E-state index contributed by atoms with van der Waals surface area (Å²) in [6, 6.07) is 7.97. The van der Waals surface area contributed by atoms with Crippen molar-refractivity contribution in [3.05, 3.63) is 35.5 Å². The summed E-state index contributed by atoms with van der Waals surface area (Å²) >= 11 is 0. The highest BCUT2D eigenvalue weighted by Crippen LogP contribution is 2.45. The molecule has 4 rings (SSSR count). The van der Waals surface area contributed by atoms with E-state index in [1.165, 1.54) is 0 Å². The lowest BCUT2D eigenvalue weighted by Gasteiger charge is -2.43. The number of methoxy groups -OCH3 is 1. The third-order valence-corrected chi connectivity index (χ3v) is 6.41. The van der Waals surface area contributed by atoms with Gasteiger partial charge < -0.3 is 10.5 Å². The van der Waals surface area contributed by atoms with Gasteiger partial charge >= 0.3 is 0 Å². The Morgan fingerprint density at radius 1 is 1.41 bits per heavy atom. The number of ether oxygens (including phenoxy) is 1. The fourth-order valence-corrected chi connectivity index (χ4v) is 4.95. The average molecular weight is 394 g/mol. The monoisotopic (exact) mass is 394 g/mol. The number of nitriles is 1. The van der Waals surface area contributed by atoms with Gasteiger partial charge in [0, 0.05) is 36.7 Å². The van der Waals surface area contributed by atoms with Crippen LogP contribution in [0.2, 0.25) is 0 Å². The number of hydrazine groups is 1. The predicted molar refractivity (Wildman–Crippen MR) is 108 cm³/mol. The van der Waals surface area contributed by atoms with Crippen molar-refractivity contribution >= 4 is 5.91 Å². The number of fused-ring (bicyclic) bond motifs is 1. The molecule has 8 heteroatoms. The molecule has 1 aliphatic heterocycles. The summed E-state index contributed by atoms with van der Waals surface area (Å²) < 4.78 is 7.22. The largest absolute Gasteiger partial charge is 0.495 e. The number of rotatable bonds is 4. The number of carbonyl (C=O) groups excluding carboxylic acids is 1. The Kier molecular flexibility index (Phi) is 5.26. The number of amides is 1. The zero-order valence-electron chi connectivity index (χ0n) is 16.7. The van der Waals surface area contributed by atoms with Crippen LogP contribution in [0.25, 0.3) is 11.3 Å². The number of nitrogens with zero attached hydrogens (tertiary/aromatic N) is 3. The van der Waals surface area contributed by atoms with Crippen LogP contribution < -0.4 is 21.3 Å². The first-order valence-corrected chi connectivity index (χ1v) is 9.93. The second-order valence-corrected chi connectivity index (χ2v) is 7.82. The summed E-state index contributed by atoms with van der Waals surface area (Å²) in [4.78, 5) is 12.3. The summed E-state index contributed by atoms with van der Waals surface area (Å²) in [5.41, 5.74) is 15.2. The average Bonchev–Trinajstić information content (AvgIpc) is 3.14. The maximum atomic E-state index is 12.3. The van der Waals surface area contributed by atoms with E-state index in [1.54, 1.807) is 13.2 Å². The Balaban J connectivity index is 1.72. The first kappa shape index (κ1) is 19.4.